The van der Waals surface area contributed by atoms with Crippen LogP contribution in [-0.2, 0) is 9.53 Å². The first-order valence-corrected chi connectivity index (χ1v) is 4.28. The number of carboxylic acids is 1. The summed E-state index contributed by atoms with van der Waals surface area (Å²) in [5.74, 6) is -0.962. The van der Waals surface area contributed by atoms with Crippen molar-refractivity contribution in [3.63, 3.8) is 0 Å². The lowest BCUT2D eigenvalue weighted by atomic mass is 10.4. The highest BCUT2D eigenvalue weighted by Gasteiger charge is 2.09. The summed E-state index contributed by atoms with van der Waals surface area (Å²) in [6.07, 6.45) is -0.773. The summed E-state index contributed by atoms with van der Waals surface area (Å²) in [6, 6.07) is 0. The number of rotatable bonds is 5. The maximum atomic E-state index is 10.3. The molecule has 0 aromatic carbocycles. The summed E-state index contributed by atoms with van der Waals surface area (Å²) in [4.78, 5) is 10.3. The van der Waals surface area contributed by atoms with Crippen molar-refractivity contribution in [2.45, 2.75) is 13.0 Å². The van der Waals surface area contributed by atoms with E-state index in [0.29, 0.717) is 18.3 Å². The highest BCUT2D eigenvalue weighted by molar-refractivity contribution is 7.80. The molecule has 6 heteroatoms. The third kappa shape index (κ3) is 6.30. The van der Waals surface area contributed by atoms with Crippen LogP contribution in [0.2, 0.25) is 0 Å². The van der Waals surface area contributed by atoms with Gasteiger partial charge in [-0.05, 0) is 19.1 Å². The second-order valence-electron chi connectivity index (χ2n) is 2.36. The molecule has 76 valence electrons. The fraction of sp³-hybridized carbons (Fsp3) is 0.714. The summed E-state index contributed by atoms with van der Waals surface area (Å²) >= 11 is 4.79. The summed E-state index contributed by atoms with van der Waals surface area (Å²) in [7, 11) is 1.70. The van der Waals surface area contributed by atoms with Crippen LogP contribution in [0.3, 0.4) is 0 Å². The van der Waals surface area contributed by atoms with Gasteiger partial charge in [0.25, 0.3) is 0 Å². The van der Waals surface area contributed by atoms with Crippen molar-refractivity contribution in [2.24, 2.45) is 0 Å². The largest absolute Gasteiger partial charge is 0.479 e. The van der Waals surface area contributed by atoms with E-state index in [1.165, 1.54) is 6.92 Å². The molecule has 0 radical (unpaired) electrons. The highest BCUT2D eigenvalue weighted by atomic mass is 32.1. The zero-order valence-corrected chi connectivity index (χ0v) is 8.48. The summed E-state index contributed by atoms with van der Waals surface area (Å²) in [5.41, 5.74) is 0. The molecular weight excluding hydrogens is 192 g/mol. The zero-order valence-electron chi connectivity index (χ0n) is 7.66. The average molecular weight is 206 g/mol. The molecule has 0 bridgehead atoms. The first-order valence-electron chi connectivity index (χ1n) is 3.88. The summed E-state index contributed by atoms with van der Waals surface area (Å²) in [6.45, 7) is 2.30. The second-order valence-corrected chi connectivity index (χ2v) is 2.77. The first-order chi connectivity index (χ1) is 6.07. The van der Waals surface area contributed by atoms with E-state index in [2.05, 4.69) is 10.6 Å². The quantitative estimate of drug-likeness (QED) is 0.419. The molecule has 0 fully saturated rings. The number of hydrogen-bond acceptors (Lipinski definition) is 3. The number of thiocarbonyl (C=S) groups is 1. The molecule has 1 atom stereocenters. The zero-order chi connectivity index (χ0) is 10.3. The molecule has 0 amide bonds. The molecule has 0 aliphatic carbocycles. The van der Waals surface area contributed by atoms with Crippen molar-refractivity contribution in [2.75, 3.05) is 20.2 Å². The Labute approximate surface area is 82.5 Å². The number of carboxylic acid groups (broad SMARTS) is 1. The Kier molecular flexibility index (Phi) is 6.17. The van der Waals surface area contributed by atoms with E-state index in [1.54, 1.807) is 7.05 Å². The van der Waals surface area contributed by atoms with Crippen LogP contribution in [0, 0.1) is 0 Å². The Morgan fingerprint density at radius 2 is 2.31 bits per heavy atom. The van der Waals surface area contributed by atoms with Gasteiger partial charge in [0.2, 0.25) is 0 Å². The van der Waals surface area contributed by atoms with Gasteiger partial charge in [0.15, 0.2) is 11.2 Å². The van der Waals surface area contributed by atoms with Crippen LogP contribution in [0.25, 0.3) is 0 Å². The molecule has 0 rings (SSSR count). The lowest BCUT2D eigenvalue weighted by Crippen LogP contribution is -2.35. The predicted octanol–water partition coefficient (Wildman–Crippen LogP) is -0.430. The van der Waals surface area contributed by atoms with E-state index in [-0.39, 0.29) is 0 Å². The SMILES string of the molecule is CNC(=S)NCCOC(C)C(=O)O. The molecule has 0 spiro atoms. The summed E-state index contributed by atoms with van der Waals surface area (Å²) in [5, 5.41) is 14.5. The Morgan fingerprint density at radius 3 is 2.77 bits per heavy atom. The van der Waals surface area contributed by atoms with Crippen LogP contribution in [0.4, 0.5) is 0 Å². The molecule has 0 aromatic heterocycles. The molecule has 0 saturated carbocycles. The normalized spacial score (nSPS) is 11.8. The van der Waals surface area contributed by atoms with Gasteiger partial charge in [0, 0.05) is 13.6 Å². The fourth-order valence-corrected chi connectivity index (χ4v) is 0.662. The molecule has 0 saturated heterocycles. The molecule has 0 heterocycles. The van der Waals surface area contributed by atoms with Crippen molar-refractivity contribution in [1.82, 2.24) is 10.6 Å². The minimum Gasteiger partial charge on any atom is -0.479 e. The lowest BCUT2D eigenvalue weighted by molar-refractivity contribution is -0.148. The van der Waals surface area contributed by atoms with E-state index in [9.17, 15) is 4.79 Å². The van der Waals surface area contributed by atoms with Gasteiger partial charge in [-0.25, -0.2) is 4.79 Å². The van der Waals surface area contributed by atoms with Crippen LogP contribution in [0.15, 0.2) is 0 Å². The molecule has 0 aliphatic heterocycles. The number of aliphatic carboxylic acids is 1. The van der Waals surface area contributed by atoms with Crippen LogP contribution < -0.4 is 10.6 Å². The average Bonchev–Trinajstić information content (AvgIpc) is 2.11. The minimum atomic E-state index is -0.962. The molecule has 1 unspecified atom stereocenters. The van der Waals surface area contributed by atoms with Crippen molar-refractivity contribution < 1.29 is 14.6 Å². The number of carbonyl (C=O) groups is 1. The predicted molar refractivity (Wildman–Crippen MR) is 52.7 cm³/mol. The third-order valence-corrected chi connectivity index (χ3v) is 1.68. The first kappa shape index (κ1) is 12.1. The van der Waals surface area contributed by atoms with E-state index in [1.807, 2.05) is 0 Å². The molecular formula is C7H14N2O3S. The Bertz CT molecular complexity index is 187. The lowest BCUT2D eigenvalue weighted by Gasteiger charge is -2.09. The van der Waals surface area contributed by atoms with Crippen molar-refractivity contribution >= 4 is 23.3 Å². The van der Waals surface area contributed by atoms with Crippen LogP contribution in [-0.4, -0.2) is 42.5 Å². The third-order valence-electron chi connectivity index (χ3n) is 1.33. The van der Waals surface area contributed by atoms with Crippen LogP contribution >= 0.6 is 12.2 Å². The van der Waals surface area contributed by atoms with E-state index >= 15 is 0 Å². The monoisotopic (exact) mass is 206 g/mol. The van der Waals surface area contributed by atoms with Crippen molar-refractivity contribution in [1.29, 1.82) is 0 Å². The maximum absolute atomic E-state index is 10.3. The number of ether oxygens (including phenoxy) is 1. The topological polar surface area (TPSA) is 70.6 Å². The Balaban J connectivity index is 3.35. The molecule has 5 nitrogen and oxygen atoms in total. The van der Waals surface area contributed by atoms with Gasteiger partial charge < -0.3 is 20.5 Å². The van der Waals surface area contributed by atoms with E-state index < -0.39 is 12.1 Å². The summed E-state index contributed by atoms with van der Waals surface area (Å²) < 4.78 is 4.95. The molecule has 0 aromatic rings. The van der Waals surface area contributed by atoms with Gasteiger partial charge in [-0.2, -0.15) is 0 Å². The smallest absolute Gasteiger partial charge is 0.332 e. The van der Waals surface area contributed by atoms with Gasteiger partial charge in [-0.3, -0.25) is 0 Å². The van der Waals surface area contributed by atoms with Gasteiger partial charge >= 0.3 is 5.97 Å². The highest BCUT2D eigenvalue weighted by Crippen LogP contribution is 1.88. The molecule has 0 aliphatic rings. The van der Waals surface area contributed by atoms with Crippen molar-refractivity contribution in [3.05, 3.63) is 0 Å². The molecule has 3 N–H and O–H groups in total. The van der Waals surface area contributed by atoms with E-state index in [4.69, 9.17) is 22.1 Å². The maximum Gasteiger partial charge on any atom is 0.332 e. The van der Waals surface area contributed by atoms with Gasteiger partial charge in [0.1, 0.15) is 0 Å². The van der Waals surface area contributed by atoms with Gasteiger partial charge in [-0.1, -0.05) is 0 Å². The van der Waals surface area contributed by atoms with Gasteiger partial charge in [0.05, 0.1) is 6.61 Å². The number of hydrogen-bond donors (Lipinski definition) is 3. The Morgan fingerprint density at radius 1 is 1.69 bits per heavy atom. The standard InChI is InChI=1S/C7H14N2O3S/c1-5(6(10)11)12-4-3-9-7(13)8-2/h5H,3-4H2,1-2H3,(H,10,11)(H2,8,9,13). The van der Waals surface area contributed by atoms with Crippen LogP contribution in [0.5, 0.6) is 0 Å². The van der Waals surface area contributed by atoms with E-state index in [0.717, 1.165) is 0 Å². The number of nitrogens with one attached hydrogen (secondary N) is 2. The second kappa shape index (κ2) is 6.62. The Hall–Kier alpha value is -0.880. The van der Waals surface area contributed by atoms with Crippen LogP contribution in [0.1, 0.15) is 6.92 Å². The van der Waals surface area contributed by atoms with Crippen molar-refractivity contribution in [3.8, 4) is 0 Å². The van der Waals surface area contributed by atoms with Gasteiger partial charge in [-0.15, -0.1) is 0 Å². The fourth-order valence-electron chi connectivity index (χ4n) is 0.560. The minimum absolute atomic E-state index is 0.315. The molecule has 13 heavy (non-hydrogen) atoms.